The van der Waals surface area contributed by atoms with E-state index in [4.69, 9.17) is 0 Å². The van der Waals surface area contributed by atoms with Crippen LogP contribution < -0.4 is 5.32 Å². The van der Waals surface area contributed by atoms with Gasteiger partial charge in [-0.3, -0.25) is 4.39 Å². The zero-order valence-corrected chi connectivity index (χ0v) is 15.4. The molecule has 1 fully saturated rings. The number of sulfone groups is 1. The molecule has 0 aliphatic carbocycles. The van der Waals surface area contributed by atoms with Gasteiger partial charge in [0, 0.05) is 24.3 Å². The van der Waals surface area contributed by atoms with Crippen LogP contribution >= 0.6 is 0 Å². The second kappa shape index (κ2) is 8.47. The molecule has 1 saturated heterocycles. The van der Waals surface area contributed by atoms with Crippen LogP contribution in [0.5, 0.6) is 0 Å². The van der Waals surface area contributed by atoms with Gasteiger partial charge in [-0.2, -0.15) is 0 Å². The summed E-state index contributed by atoms with van der Waals surface area (Å²) in [6, 6.07) is 8.73. The Morgan fingerprint density at radius 3 is 2.68 bits per heavy atom. The molecule has 0 saturated carbocycles. The largest absolute Gasteiger partial charge is 0.332 e. The van der Waals surface area contributed by atoms with E-state index in [1.165, 1.54) is 6.08 Å². The Labute approximate surface area is 148 Å². The summed E-state index contributed by atoms with van der Waals surface area (Å²) in [5, 5.41) is 3.88. The van der Waals surface area contributed by atoms with Gasteiger partial charge in [-0.05, 0) is 31.2 Å². The van der Waals surface area contributed by atoms with Crippen LogP contribution in [0, 0.1) is 5.92 Å². The van der Waals surface area contributed by atoms with Crippen LogP contribution in [0.4, 0.5) is 9.18 Å². The number of carbonyl (C=O) groups is 1. The van der Waals surface area contributed by atoms with E-state index in [1.807, 2.05) is 30.3 Å². The van der Waals surface area contributed by atoms with E-state index in [-0.39, 0.29) is 24.7 Å². The first-order valence-corrected chi connectivity index (χ1v) is 10.3. The highest BCUT2D eigenvalue weighted by atomic mass is 32.2. The Hall–Kier alpha value is -1.89. The fraction of sp³-hybridized carbons (Fsp3) is 0.500. The van der Waals surface area contributed by atoms with Gasteiger partial charge < -0.3 is 10.2 Å². The lowest BCUT2D eigenvalue weighted by molar-refractivity contribution is 0.116. The van der Waals surface area contributed by atoms with Gasteiger partial charge in [0.25, 0.3) is 0 Å². The van der Waals surface area contributed by atoms with Crippen LogP contribution in [0.25, 0.3) is 0 Å². The average Bonchev–Trinajstić information content (AvgIpc) is 2.59. The lowest BCUT2D eigenvalue weighted by Gasteiger charge is -2.39. The number of alkyl halides is 1. The van der Waals surface area contributed by atoms with Crippen molar-refractivity contribution < 1.29 is 17.6 Å². The number of benzene rings is 1. The number of rotatable bonds is 5. The highest BCUT2D eigenvalue weighted by molar-refractivity contribution is 7.93. The first-order valence-electron chi connectivity index (χ1n) is 8.36. The Bertz CT molecular complexity index is 706. The van der Waals surface area contributed by atoms with Crippen molar-refractivity contribution in [1.82, 2.24) is 10.2 Å². The summed E-state index contributed by atoms with van der Waals surface area (Å²) in [5.41, 5.74) is 0.982. The molecule has 1 aromatic carbocycles. The quantitative estimate of drug-likeness (QED) is 0.869. The number of piperidine rings is 1. The minimum Gasteiger partial charge on any atom is -0.332 e. The first kappa shape index (κ1) is 19.4. The molecule has 5 nitrogen and oxygen atoms in total. The number of hydrogen-bond donors (Lipinski definition) is 1. The Morgan fingerprint density at radius 2 is 2.08 bits per heavy atom. The summed E-state index contributed by atoms with van der Waals surface area (Å²) in [4.78, 5) is 14.4. The molecular formula is C18H25FN2O3S. The Kier molecular flexibility index (Phi) is 6.58. The van der Waals surface area contributed by atoms with E-state index in [9.17, 15) is 17.6 Å². The van der Waals surface area contributed by atoms with E-state index in [0.29, 0.717) is 19.4 Å². The molecule has 1 aromatic rings. The van der Waals surface area contributed by atoms with Crippen molar-refractivity contribution in [3.05, 3.63) is 47.4 Å². The maximum Gasteiger partial charge on any atom is 0.318 e. The minimum atomic E-state index is -3.23. The van der Waals surface area contributed by atoms with Crippen LogP contribution in [0.1, 0.15) is 31.4 Å². The minimum absolute atomic E-state index is 0.0446. The molecular weight excluding hydrogens is 343 g/mol. The van der Waals surface area contributed by atoms with Crippen molar-refractivity contribution in [3.8, 4) is 0 Å². The topological polar surface area (TPSA) is 66.5 Å². The number of amides is 2. The van der Waals surface area contributed by atoms with Crippen molar-refractivity contribution in [2.24, 2.45) is 5.92 Å². The molecule has 1 aliphatic rings. The molecule has 1 aliphatic heterocycles. The van der Waals surface area contributed by atoms with Gasteiger partial charge >= 0.3 is 6.03 Å². The van der Waals surface area contributed by atoms with Crippen LogP contribution in [-0.4, -0.2) is 44.9 Å². The van der Waals surface area contributed by atoms with E-state index in [0.717, 1.165) is 17.2 Å². The summed E-state index contributed by atoms with van der Waals surface area (Å²) < 4.78 is 35.5. The van der Waals surface area contributed by atoms with Crippen LogP contribution in [0.2, 0.25) is 0 Å². The first-order chi connectivity index (χ1) is 11.8. The Morgan fingerprint density at radius 1 is 1.40 bits per heavy atom. The second-order valence-corrected chi connectivity index (χ2v) is 8.49. The maximum atomic E-state index is 13.1. The van der Waals surface area contributed by atoms with Crippen LogP contribution in [0.3, 0.4) is 0 Å². The number of hydrogen-bond acceptors (Lipinski definition) is 3. The van der Waals surface area contributed by atoms with Crippen molar-refractivity contribution in [3.63, 3.8) is 0 Å². The van der Waals surface area contributed by atoms with E-state index < -0.39 is 15.9 Å². The third-order valence-corrected chi connectivity index (χ3v) is 4.99. The molecule has 2 rings (SSSR count). The van der Waals surface area contributed by atoms with Gasteiger partial charge in [-0.15, -0.1) is 0 Å². The van der Waals surface area contributed by atoms with E-state index in [1.54, 1.807) is 11.8 Å². The molecule has 1 N–H and O–H groups in total. The van der Waals surface area contributed by atoms with Crippen LogP contribution in [-0.2, 0) is 9.84 Å². The molecule has 3 atom stereocenters. The number of nitrogens with one attached hydrogen (secondary N) is 1. The van der Waals surface area contributed by atoms with Gasteiger partial charge in [0.15, 0.2) is 9.84 Å². The molecule has 0 radical (unpaired) electrons. The Balaban J connectivity index is 2.11. The average molecular weight is 368 g/mol. The fourth-order valence-electron chi connectivity index (χ4n) is 3.00. The number of nitrogens with zero attached hydrogens (tertiary/aromatic N) is 1. The smallest absolute Gasteiger partial charge is 0.318 e. The predicted octanol–water partition coefficient (Wildman–Crippen LogP) is 3.07. The van der Waals surface area contributed by atoms with Crippen molar-refractivity contribution in [2.75, 3.05) is 19.5 Å². The molecule has 138 valence electrons. The fourth-order valence-corrected chi connectivity index (χ4v) is 3.52. The normalized spacial score (nSPS) is 22.8. The zero-order chi connectivity index (χ0) is 18.4. The van der Waals surface area contributed by atoms with Crippen molar-refractivity contribution in [1.29, 1.82) is 0 Å². The standard InChI is InChI=1S/C18H25FN2O3S/c1-14(9-11-25(2,23)24)20-18(22)21-10-8-15(13-19)12-17(21)16-6-4-3-5-7-16/h3-7,9,11,14-15,17H,8,10,12-13H2,1-2H3,(H,20,22)/b11-9+/t14-,15-,17+/m0/s1. The molecule has 7 heteroatoms. The third-order valence-electron chi connectivity index (χ3n) is 4.34. The molecule has 1 heterocycles. The molecule has 0 bridgehead atoms. The molecule has 0 unspecified atom stereocenters. The number of urea groups is 1. The summed E-state index contributed by atoms with van der Waals surface area (Å²) in [6.07, 6.45) is 3.76. The van der Waals surface area contributed by atoms with Gasteiger partial charge in [0.1, 0.15) is 0 Å². The molecule has 25 heavy (non-hydrogen) atoms. The second-order valence-electron chi connectivity index (χ2n) is 6.56. The third kappa shape index (κ3) is 5.85. The predicted molar refractivity (Wildman–Crippen MR) is 96.6 cm³/mol. The van der Waals surface area contributed by atoms with E-state index >= 15 is 0 Å². The number of likely N-dealkylation sites (tertiary alicyclic amines) is 1. The summed E-state index contributed by atoms with van der Waals surface area (Å²) in [6.45, 7) is 1.81. The summed E-state index contributed by atoms with van der Waals surface area (Å²) >= 11 is 0. The van der Waals surface area contributed by atoms with Gasteiger partial charge in [0.2, 0.25) is 0 Å². The maximum absolute atomic E-state index is 13.1. The van der Waals surface area contributed by atoms with Crippen LogP contribution in [0.15, 0.2) is 41.8 Å². The summed E-state index contributed by atoms with van der Waals surface area (Å²) in [7, 11) is -3.23. The highest BCUT2D eigenvalue weighted by Gasteiger charge is 2.32. The van der Waals surface area contributed by atoms with Gasteiger partial charge in [0.05, 0.1) is 12.7 Å². The van der Waals surface area contributed by atoms with Gasteiger partial charge in [-0.1, -0.05) is 36.4 Å². The highest BCUT2D eigenvalue weighted by Crippen LogP contribution is 2.34. The summed E-state index contributed by atoms with van der Waals surface area (Å²) in [5.74, 6) is -0.0446. The van der Waals surface area contributed by atoms with E-state index in [2.05, 4.69) is 5.32 Å². The monoisotopic (exact) mass is 368 g/mol. The SMILES string of the molecule is C[C@@H](/C=C/S(C)(=O)=O)NC(=O)N1CC[C@H](CF)C[C@@H]1c1ccccc1. The molecule has 0 spiro atoms. The lowest BCUT2D eigenvalue weighted by Crippen LogP contribution is -2.48. The zero-order valence-electron chi connectivity index (χ0n) is 14.6. The number of halogens is 1. The van der Waals surface area contributed by atoms with Crippen molar-refractivity contribution in [2.45, 2.75) is 31.8 Å². The molecule has 0 aromatic heterocycles. The molecule has 2 amide bonds. The number of carbonyl (C=O) groups excluding carboxylic acids is 1. The van der Waals surface area contributed by atoms with Gasteiger partial charge in [-0.25, -0.2) is 13.2 Å². The van der Waals surface area contributed by atoms with Crippen molar-refractivity contribution >= 4 is 15.9 Å². The lowest BCUT2D eigenvalue weighted by atomic mass is 9.88.